The summed E-state index contributed by atoms with van der Waals surface area (Å²) < 4.78 is 0. The van der Waals surface area contributed by atoms with Gasteiger partial charge in [0.25, 0.3) is 0 Å². The Morgan fingerprint density at radius 2 is 1.66 bits per heavy atom. The van der Waals surface area contributed by atoms with Gasteiger partial charge in [-0.25, -0.2) is 0 Å². The lowest BCUT2D eigenvalue weighted by molar-refractivity contribution is -0.166. The van der Waals surface area contributed by atoms with Gasteiger partial charge < -0.3 is 5.11 Å². The molecule has 0 aromatic heterocycles. The number of aliphatic carboxylic acids is 1. The smallest absolute Gasteiger partial charge is 0.310 e. The van der Waals surface area contributed by atoms with Gasteiger partial charge in [0.2, 0.25) is 0 Å². The average molecular weight is 439 g/mol. The Labute approximate surface area is 196 Å². The molecule has 0 spiro atoms. The fourth-order valence-corrected chi connectivity index (χ4v) is 9.86. The van der Waals surface area contributed by atoms with Gasteiger partial charge >= 0.3 is 5.97 Å². The van der Waals surface area contributed by atoms with Crippen LogP contribution in [0.3, 0.4) is 0 Å². The average Bonchev–Trinajstić information content (AvgIpc) is 3.05. The molecule has 2 nitrogen and oxygen atoms in total. The van der Waals surface area contributed by atoms with Crippen molar-refractivity contribution >= 4 is 5.97 Å². The molecular formula is C30H46O2. The molecule has 178 valence electrons. The molecule has 0 aromatic carbocycles. The SMILES string of the molecule is CC(C)C1=C2CC[C@]3(C)[C@H](CC=C4[C@@H]5CC(C)(C)CC[C@]5(C(=O)O)CC[C@]43C)[C@@]2(C)CC1. The molecule has 0 heterocycles. The van der Waals surface area contributed by atoms with Crippen LogP contribution in [0, 0.1) is 44.8 Å². The monoisotopic (exact) mass is 438 g/mol. The Bertz CT molecular complexity index is 906. The van der Waals surface area contributed by atoms with Crippen LogP contribution in [0.4, 0.5) is 0 Å². The Balaban J connectivity index is 1.61. The molecule has 0 radical (unpaired) electrons. The first-order valence-electron chi connectivity index (χ1n) is 13.5. The summed E-state index contributed by atoms with van der Waals surface area (Å²) in [5.41, 5.74) is 5.59. The number of hydrogen-bond acceptors (Lipinski definition) is 1. The molecular weight excluding hydrogens is 392 g/mol. The molecule has 2 heteroatoms. The van der Waals surface area contributed by atoms with E-state index in [0.29, 0.717) is 17.3 Å². The van der Waals surface area contributed by atoms with Crippen LogP contribution >= 0.6 is 0 Å². The van der Waals surface area contributed by atoms with Gasteiger partial charge in [0, 0.05) is 0 Å². The number of hydrogen-bond donors (Lipinski definition) is 1. The van der Waals surface area contributed by atoms with Gasteiger partial charge in [-0.1, -0.05) is 71.3 Å². The second kappa shape index (κ2) is 6.76. The third-order valence-electron chi connectivity index (χ3n) is 12.1. The van der Waals surface area contributed by atoms with E-state index in [1.165, 1.54) is 25.7 Å². The van der Waals surface area contributed by atoms with Crippen molar-refractivity contribution in [2.45, 2.75) is 113 Å². The molecule has 0 bridgehead atoms. The lowest BCUT2D eigenvalue weighted by Crippen LogP contribution is -2.61. The summed E-state index contributed by atoms with van der Waals surface area (Å²) in [5, 5.41) is 10.5. The fourth-order valence-electron chi connectivity index (χ4n) is 9.86. The molecule has 3 fully saturated rings. The Morgan fingerprint density at radius 1 is 0.969 bits per heavy atom. The summed E-state index contributed by atoms with van der Waals surface area (Å²) in [7, 11) is 0. The van der Waals surface area contributed by atoms with Crippen molar-refractivity contribution in [2.24, 2.45) is 44.8 Å². The summed E-state index contributed by atoms with van der Waals surface area (Å²) in [6, 6.07) is 0. The van der Waals surface area contributed by atoms with Gasteiger partial charge in [-0.05, 0) is 104 Å². The number of allylic oxidation sites excluding steroid dienone is 4. The van der Waals surface area contributed by atoms with E-state index >= 15 is 0 Å². The maximum atomic E-state index is 12.7. The van der Waals surface area contributed by atoms with E-state index in [9.17, 15) is 9.90 Å². The normalized spacial score (nSPS) is 47.3. The van der Waals surface area contributed by atoms with Crippen LogP contribution in [0.5, 0.6) is 0 Å². The number of carbonyl (C=O) groups is 1. The van der Waals surface area contributed by atoms with Gasteiger partial charge in [-0.3, -0.25) is 4.79 Å². The molecule has 6 atom stereocenters. The van der Waals surface area contributed by atoms with Gasteiger partial charge in [-0.2, -0.15) is 0 Å². The van der Waals surface area contributed by atoms with Crippen molar-refractivity contribution in [3.05, 3.63) is 22.8 Å². The van der Waals surface area contributed by atoms with Crippen molar-refractivity contribution < 1.29 is 9.90 Å². The van der Waals surface area contributed by atoms with Crippen LogP contribution in [0.2, 0.25) is 0 Å². The van der Waals surface area contributed by atoms with Crippen LogP contribution < -0.4 is 0 Å². The molecule has 0 unspecified atom stereocenters. The predicted molar refractivity (Wildman–Crippen MR) is 131 cm³/mol. The second-order valence-electron chi connectivity index (χ2n) is 14.2. The number of rotatable bonds is 2. The fraction of sp³-hybridized carbons (Fsp3) is 0.833. The molecule has 0 saturated heterocycles. The maximum Gasteiger partial charge on any atom is 0.310 e. The summed E-state index contributed by atoms with van der Waals surface area (Å²) in [6.07, 6.45) is 13.8. The van der Waals surface area contributed by atoms with Crippen molar-refractivity contribution in [1.82, 2.24) is 0 Å². The number of fused-ring (bicyclic) bond motifs is 7. The number of carboxylic acids is 1. The Hall–Kier alpha value is -1.05. The van der Waals surface area contributed by atoms with E-state index in [1.807, 2.05) is 5.57 Å². The Morgan fingerprint density at radius 3 is 2.31 bits per heavy atom. The lowest BCUT2D eigenvalue weighted by Gasteiger charge is -2.67. The Kier molecular flexibility index (Phi) is 4.80. The molecule has 5 aliphatic rings. The van der Waals surface area contributed by atoms with E-state index in [2.05, 4.69) is 54.5 Å². The predicted octanol–water partition coefficient (Wildman–Crippen LogP) is 8.18. The van der Waals surface area contributed by atoms with Crippen LogP contribution in [0.25, 0.3) is 0 Å². The van der Waals surface area contributed by atoms with Gasteiger partial charge in [-0.15, -0.1) is 0 Å². The maximum absolute atomic E-state index is 12.7. The molecule has 5 rings (SSSR count). The van der Waals surface area contributed by atoms with E-state index < -0.39 is 11.4 Å². The highest BCUT2D eigenvalue weighted by atomic mass is 16.4. The highest BCUT2D eigenvalue weighted by Crippen LogP contribution is 2.74. The minimum atomic E-state index is -0.522. The van der Waals surface area contributed by atoms with E-state index in [0.717, 1.165) is 38.5 Å². The van der Waals surface area contributed by atoms with Crippen molar-refractivity contribution in [3.8, 4) is 0 Å². The van der Waals surface area contributed by atoms with E-state index in [-0.39, 0.29) is 22.2 Å². The molecule has 0 aromatic rings. The van der Waals surface area contributed by atoms with Crippen molar-refractivity contribution in [1.29, 1.82) is 0 Å². The summed E-state index contributed by atoms with van der Waals surface area (Å²) in [5.74, 6) is 1.07. The van der Waals surface area contributed by atoms with Crippen LogP contribution in [0.1, 0.15) is 113 Å². The zero-order chi connectivity index (χ0) is 23.3. The molecule has 0 aliphatic heterocycles. The summed E-state index contributed by atoms with van der Waals surface area (Å²) in [4.78, 5) is 12.7. The first-order valence-corrected chi connectivity index (χ1v) is 13.5. The van der Waals surface area contributed by atoms with Gasteiger partial charge in [0.05, 0.1) is 5.41 Å². The van der Waals surface area contributed by atoms with Crippen molar-refractivity contribution in [2.75, 3.05) is 0 Å². The minimum absolute atomic E-state index is 0.141. The lowest BCUT2D eigenvalue weighted by atomic mass is 9.36. The molecule has 0 amide bonds. The standard InChI is InChI=1S/C30H46O2/c1-19(2)20-10-12-27(5)21(20)11-13-29(7)24(27)9-8-22-23-18-26(3,4)14-16-30(23,25(31)32)17-15-28(22,29)6/h8,19,23-24H,9-18H2,1-7H3,(H,31,32)/t23-,24+,27-,28+,29+,30-/m0/s1. The largest absolute Gasteiger partial charge is 0.481 e. The zero-order valence-corrected chi connectivity index (χ0v) is 21.7. The first kappa shape index (κ1) is 22.7. The highest BCUT2D eigenvalue weighted by molar-refractivity contribution is 5.76. The minimum Gasteiger partial charge on any atom is -0.481 e. The quantitative estimate of drug-likeness (QED) is 0.441. The molecule has 1 N–H and O–H groups in total. The molecule has 5 aliphatic carbocycles. The third-order valence-corrected chi connectivity index (χ3v) is 12.1. The topological polar surface area (TPSA) is 37.3 Å². The summed E-state index contributed by atoms with van der Waals surface area (Å²) in [6.45, 7) is 17.3. The first-order chi connectivity index (χ1) is 14.8. The zero-order valence-electron chi connectivity index (χ0n) is 21.7. The van der Waals surface area contributed by atoms with Gasteiger partial charge in [0.1, 0.15) is 0 Å². The molecule has 3 saturated carbocycles. The van der Waals surface area contributed by atoms with E-state index in [4.69, 9.17) is 0 Å². The van der Waals surface area contributed by atoms with Crippen LogP contribution in [-0.2, 0) is 4.79 Å². The summed E-state index contributed by atoms with van der Waals surface area (Å²) >= 11 is 0. The van der Waals surface area contributed by atoms with Crippen LogP contribution in [-0.4, -0.2) is 11.1 Å². The van der Waals surface area contributed by atoms with Crippen molar-refractivity contribution in [3.63, 3.8) is 0 Å². The second-order valence-corrected chi connectivity index (χ2v) is 14.2. The van der Waals surface area contributed by atoms with Crippen LogP contribution in [0.15, 0.2) is 22.8 Å². The van der Waals surface area contributed by atoms with Gasteiger partial charge in [0.15, 0.2) is 0 Å². The highest BCUT2D eigenvalue weighted by Gasteiger charge is 2.67. The molecule has 32 heavy (non-hydrogen) atoms. The third kappa shape index (κ3) is 2.67. The van der Waals surface area contributed by atoms with E-state index in [1.54, 1.807) is 11.1 Å². The number of carboxylic acid groups (broad SMARTS) is 1.